The fourth-order valence-corrected chi connectivity index (χ4v) is 6.18. The Morgan fingerprint density at radius 3 is 2.42 bits per heavy atom. The highest BCUT2D eigenvalue weighted by atomic mass is 32.2. The lowest BCUT2D eigenvalue weighted by atomic mass is 9.93. The fourth-order valence-electron chi connectivity index (χ4n) is 4.81. The molecule has 31 heavy (non-hydrogen) atoms. The van der Waals surface area contributed by atoms with Gasteiger partial charge in [-0.15, -0.1) is 11.8 Å². The number of thioether (sulfide) groups is 1. The smallest absolute Gasteiger partial charge is 0.0490 e. The van der Waals surface area contributed by atoms with Crippen molar-refractivity contribution >= 4 is 40.5 Å². The molecular formula is C29H23NS. The molecular weight excluding hydrogens is 394 g/mol. The van der Waals surface area contributed by atoms with Crippen LogP contribution in [-0.2, 0) is 0 Å². The minimum absolute atomic E-state index is 0.517. The van der Waals surface area contributed by atoms with Gasteiger partial charge < -0.3 is 4.90 Å². The van der Waals surface area contributed by atoms with E-state index in [1.807, 2.05) is 11.8 Å². The largest absolute Gasteiger partial charge is 0.310 e. The molecule has 0 N–H and O–H groups in total. The number of para-hydroxylation sites is 2. The highest BCUT2D eigenvalue weighted by molar-refractivity contribution is 8.00. The van der Waals surface area contributed by atoms with Crippen LogP contribution in [0, 0.1) is 6.92 Å². The van der Waals surface area contributed by atoms with Gasteiger partial charge in [0.2, 0.25) is 0 Å². The van der Waals surface area contributed by atoms with Crippen LogP contribution in [0.25, 0.3) is 11.6 Å². The summed E-state index contributed by atoms with van der Waals surface area (Å²) in [7, 11) is 0. The molecule has 1 aliphatic heterocycles. The molecule has 2 heteroatoms. The number of anilines is 3. The van der Waals surface area contributed by atoms with Crippen LogP contribution in [0.3, 0.4) is 0 Å². The van der Waals surface area contributed by atoms with E-state index in [9.17, 15) is 0 Å². The van der Waals surface area contributed by atoms with Gasteiger partial charge in [-0.05, 0) is 70.8 Å². The van der Waals surface area contributed by atoms with Crippen LogP contribution in [0.1, 0.15) is 17.5 Å². The third-order valence-electron chi connectivity index (χ3n) is 6.28. The van der Waals surface area contributed by atoms with E-state index in [0.717, 1.165) is 6.42 Å². The van der Waals surface area contributed by atoms with Gasteiger partial charge in [0.15, 0.2) is 0 Å². The molecule has 4 aromatic rings. The van der Waals surface area contributed by atoms with Gasteiger partial charge in [0.1, 0.15) is 0 Å². The molecule has 0 saturated carbocycles. The molecule has 6 rings (SSSR count). The maximum absolute atomic E-state index is 2.40. The van der Waals surface area contributed by atoms with Crippen LogP contribution in [-0.4, -0.2) is 5.25 Å². The molecule has 0 saturated heterocycles. The van der Waals surface area contributed by atoms with E-state index in [0.29, 0.717) is 5.25 Å². The Kier molecular flexibility index (Phi) is 4.47. The Hall–Kier alpha value is -3.23. The minimum atomic E-state index is 0.517. The van der Waals surface area contributed by atoms with E-state index in [4.69, 9.17) is 0 Å². The van der Waals surface area contributed by atoms with Gasteiger partial charge in [-0.2, -0.15) is 0 Å². The second kappa shape index (κ2) is 7.47. The number of rotatable bonds is 3. The monoisotopic (exact) mass is 417 g/mol. The molecule has 150 valence electrons. The second-order valence-electron chi connectivity index (χ2n) is 8.19. The molecule has 0 aromatic heterocycles. The average molecular weight is 418 g/mol. The van der Waals surface area contributed by atoms with Gasteiger partial charge in [0.05, 0.1) is 0 Å². The summed E-state index contributed by atoms with van der Waals surface area (Å²) in [4.78, 5) is 3.76. The summed E-state index contributed by atoms with van der Waals surface area (Å²) in [6.45, 7) is 2.19. The first-order chi connectivity index (χ1) is 15.3. The van der Waals surface area contributed by atoms with Gasteiger partial charge >= 0.3 is 0 Å². The number of fused-ring (bicyclic) bond motifs is 4. The Balaban J connectivity index is 1.53. The van der Waals surface area contributed by atoms with E-state index in [2.05, 4.69) is 115 Å². The van der Waals surface area contributed by atoms with Crippen molar-refractivity contribution in [1.29, 1.82) is 0 Å². The minimum Gasteiger partial charge on any atom is -0.310 e. The lowest BCUT2D eigenvalue weighted by Crippen LogP contribution is -2.32. The standard InChI is InChI=1S/C29H23NS/c1-20-9-5-8-14-26(20)30(22-11-3-2-4-12-22)23-16-17-25-28(19-23)31-27-18-15-21-10-6-7-13-24(21)29(25)27/h2-17,19,27H,18H2,1H3. The molecule has 0 bridgehead atoms. The van der Waals surface area contributed by atoms with Crippen LogP contribution < -0.4 is 15.3 Å². The zero-order chi connectivity index (χ0) is 20.8. The summed E-state index contributed by atoms with van der Waals surface area (Å²) in [5.41, 5.74) is 7.79. The highest BCUT2D eigenvalue weighted by Crippen LogP contribution is 2.48. The Morgan fingerprint density at radius 1 is 0.774 bits per heavy atom. The van der Waals surface area contributed by atoms with Crippen molar-refractivity contribution in [3.8, 4) is 0 Å². The third-order valence-corrected chi connectivity index (χ3v) is 7.58. The van der Waals surface area contributed by atoms with Crippen LogP contribution in [0.15, 0.2) is 102 Å². The van der Waals surface area contributed by atoms with Crippen LogP contribution in [0.5, 0.6) is 0 Å². The lowest BCUT2D eigenvalue weighted by molar-refractivity contribution is 1.11. The quantitative estimate of drug-likeness (QED) is 0.384. The predicted molar refractivity (Wildman–Crippen MR) is 133 cm³/mol. The van der Waals surface area contributed by atoms with Crippen molar-refractivity contribution in [3.63, 3.8) is 0 Å². The number of hydrogen-bond acceptors (Lipinski definition) is 2. The van der Waals surface area contributed by atoms with Crippen molar-refractivity contribution in [1.82, 2.24) is 0 Å². The first-order valence-corrected chi connectivity index (χ1v) is 11.7. The van der Waals surface area contributed by atoms with E-state index in [1.54, 1.807) is 0 Å². The summed E-state index contributed by atoms with van der Waals surface area (Å²) in [5, 5.41) is 3.29. The van der Waals surface area contributed by atoms with E-state index in [-0.39, 0.29) is 0 Å². The summed E-state index contributed by atoms with van der Waals surface area (Å²) in [6.07, 6.45) is 3.49. The van der Waals surface area contributed by atoms with Gasteiger partial charge in [-0.1, -0.05) is 72.8 Å². The molecule has 1 unspecified atom stereocenters. The first kappa shape index (κ1) is 18.5. The highest BCUT2D eigenvalue weighted by Gasteiger charge is 2.30. The summed E-state index contributed by atoms with van der Waals surface area (Å²) < 4.78 is 0. The normalized spacial score (nSPS) is 16.2. The predicted octanol–water partition coefficient (Wildman–Crippen LogP) is 6.32. The van der Waals surface area contributed by atoms with Crippen molar-refractivity contribution in [2.75, 3.05) is 4.90 Å². The summed E-state index contributed by atoms with van der Waals surface area (Å²) >= 11 is 2.01. The zero-order valence-electron chi connectivity index (χ0n) is 17.5. The van der Waals surface area contributed by atoms with Crippen LogP contribution >= 0.6 is 11.8 Å². The first-order valence-electron chi connectivity index (χ1n) is 10.8. The Morgan fingerprint density at radius 2 is 1.55 bits per heavy atom. The summed E-state index contributed by atoms with van der Waals surface area (Å²) in [6, 6.07) is 35.1. The number of aryl methyl sites for hydroxylation is 1. The molecule has 0 radical (unpaired) electrons. The Labute approximate surface area is 187 Å². The zero-order valence-corrected chi connectivity index (χ0v) is 18.3. The van der Waals surface area contributed by atoms with Crippen molar-refractivity contribution in [2.24, 2.45) is 0 Å². The van der Waals surface area contributed by atoms with Crippen LogP contribution in [0.2, 0.25) is 0 Å². The number of nitrogens with zero attached hydrogens (tertiary/aromatic N) is 1. The maximum Gasteiger partial charge on any atom is 0.0490 e. The molecule has 4 aromatic carbocycles. The van der Waals surface area contributed by atoms with Gasteiger partial charge in [0, 0.05) is 27.2 Å². The topological polar surface area (TPSA) is 3.24 Å². The molecule has 0 fully saturated rings. The fraction of sp³-hybridized carbons (Fsp3) is 0.103. The average Bonchev–Trinajstić information content (AvgIpc) is 3.20. The lowest BCUT2D eigenvalue weighted by Gasteiger charge is -2.27. The SMILES string of the molecule is Cc1ccccc1N(c1ccccc1)c1ccc2c(c1)SC1CC=c3ccccc3=C21. The molecule has 0 amide bonds. The second-order valence-corrected chi connectivity index (χ2v) is 9.43. The summed E-state index contributed by atoms with van der Waals surface area (Å²) in [5.74, 6) is 0. The molecule has 1 heterocycles. The van der Waals surface area contributed by atoms with E-state index in [1.165, 1.54) is 49.1 Å². The Bertz CT molecular complexity index is 1400. The van der Waals surface area contributed by atoms with Gasteiger partial charge in [-0.25, -0.2) is 0 Å². The molecule has 0 spiro atoms. The van der Waals surface area contributed by atoms with Crippen molar-refractivity contribution in [3.05, 3.63) is 119 Å². The molecule has 2 aliphatic rings. The molecule has 1 aliphatic carbocycles. The maximum atomic E-state index is 2.40. The number of benzene rings is 4. The van der Waals surface area contributed by atoms with Crippen molar-refractivity contribution < 1.29 is 0 Å². The molecule has 1 atom stereocenters. The van der Waals surface area contributed by atoms with Gasteiger partial charge in [0.25, 0.3) is 0 Å². The van der Waals surface area contributed by atoms with Crippen molar-refractivity contribution in [2.45, 2.75) is 23.5 Å². The van der Waals surface area contributed by atoms with E-state index < -0.39 is 0 Å². The van der Waals surface area contributed by atoms with Gasteiger partial charge in [-0.3, -0.25) is 0 Å². The molecule has 1 nitrogen and oxygen atoms in total. The third kappa shape index (κ3) is 3.10. The number of hydrogen-bond donors (Lipinski definition) is 0. The van der Waals surface area contributed by atoms with Crippen LogP contribution in [0.4, 0.5) is 17.1 Å². The van der Waals surface area contributed by atoms with E-state index >= 15 is 0 Å².